The number of hydrogen-bond donors (Lipinski definition) is 1. The lowest BCUT2D eigenvalue weighted by Gasteiger charge is -2.37. The van der Waals surface area contributed by atoms with Gasteiger partial charge in [0, 0.05) is 23.8 Å². The second kappa shape index (κ2) is 3.81. The lowest BCUT2D eigenvalue weighted by molar-refractivity contribution is -0.109. The molecule has 1 aromatic heterocycles. The molecule has 2 atom stereocenters. The highest BCUT2D eigenvalue weighted by Crippen LogP contribution is 2.40. The highest BCUT2D eigenvalue weighted by atomic mass is 35.5. The molecular weight excluding hydrogens is 220 g/mol. The molecule has 0 aromatic carbocycles. The molecule has 2 nitrogen and oxygen atoms in total. The van der Waals surface area contributed by atoms with Gasteiger partial charge < -0.3 is 9.84 Å². The average molecular weight is 233 g/mol. The van der Waals surface area contributed by atoms with Crippen LogP contribution in [0.25, 0.3) is 0 Å². The van der Waals surface area contributed by atoms with E-state index in [0.29, 0.717) is 19.6 Å². The predicted molar refractivity (Wildman–Crippen MR) is 57.8 cm³/mol. The first-order valence-corrected chi connectivity index (χ1v) is 5.88. The summed E-state index contributed by atoms with van der Waals surface area (Å²) in [6.07, 6.45) is 0.658. The molecule has 0 amide bonds. The Bertz CT molecular complexity index is 326. The van der Waals surface area contributed by atoms with Crippen LogP contribution in [0.1, 0.15) is 18.2 Å². The zero-order valence-corrected chi connectivity index (χ0v) is 9.57. The van der Waals surface area contributed by atoms with E-state index >= 15 is 0 Å². The molecule has 1 fully saturated rings. The van der Waals surface area contributed by atoms with Crippen molar-refractivity contribution in [2.24, 2.45) is 5.92 Å². The van der Waals surface area contributed by atoms with Crippen molar-refractivity contribution in [2.45, 2.75) is 18.9 Å². The Balaban J connectivity index is 2.29. The summed E-state index contributed by atoms with van der Waals surface area (Å²) in [5.41, 5.74) is -0.740. The molecule has 4 heteroatoms. The Labute approximate surface area is 92.5 Å². The van der Waals surface area contributed by atoms with Crippen molar-refractivity contribution < 1.29 is 9.84 Å². The van der Waals surface area contributed by atoms with E-state index in [4.69, 9.17) is 16.3 Å². The summed E-state index contributed by atoms with van der Waals surface area (Å²) in [5, 5.41) is 10.5. The van der Waals surface area contributed by atoms with Crippen molar-refractivity contribution >= 4 is 22.9 Å². The van der Waals surface area contributed by atoms with E-state index in [1.807, 2.05) is 19.1 Å². The molecule has 0 bridgehead atoms. The van der Waals surface area contributed by atoms with Gasteiger partial charge in [0.25, 0.3) is 0 Å². The Kier molecular flexibility index (Phi) is 2.84. The first-order chi connectivity index (χ1) is 6.63. The number of ether oxygens (including phenoxy) is 1. The van der Waals surface area contributed by atoms with Gasteiger partial charge in [-0.3, -0.25) is 0 Å². The van der Waals surface area contributed by atoms with E-state index in [-0.39, 0.29) is 5.92 Å². The second-order valence-corrected chi connectivity index (χ2v) is 5.47. The van der Waals surface area contributed by atoms with Crippen molar-refractivity contribution in [1.82, 2.24) is 0 Å². The van der Waals surface area contributed by atoms with Gasteiger partial charge in [-0.2, -0.15) is 0 Å². The van der Waals surface area contributed by atoms with E-state index in [9.17, 15) is 5.11 Å². The van der Waals surface area contributed by atoms with Gasteiger partial charge in [0.2, 0.25) is 0 Å². The molecule has 2 rings (SSSR count). The Morgan fingerprint density at radius 3 is 3.00 bits per heavy atom. The fourth-order valence-electron chi connectivity index (χ4n) is 1.79. The first-order valence-electron chi connectivity index (χ1n) is 4.69. The quantitative estimate of drug-likeness (QED) is 0.807. The van der Waals surface area contributed by atoms with E-state index < -0.39 is 5.60 Å². The van der Waals surface area contributed by atoms with Gasteiger partial charge in [-0.05, 0) is 12.1 Å². The third-order valence-corrected chi connectivity index (χ3v) is 4.21. The minimum atomic E-state index is -0.740. The Morgan fingerprint density at radius 1 is 1.64 bits per heavy atom. The molecule has 1 saturated heterocycles. The van der Waals surface area contributed by atoms with Crippen LogP contribution in [-0.4, -0.2) is 18.3 Å². The minimum Gasteiger partial charge on any atom is -0.384 e. The van der Waals surface area contributed by atoms with E-state index in [1.165, 1.54) is 11.3 Å². The van der Waals surface area contributed by atoms with Gasteiger partial charge in [-0.1, -0.05) is 18.5 Å². The summed E-state index contributed by atoms with van der Waals surface area (Å²) in [6, 6.07) is 3.75. The van der Waals surface area contributed by atoms with Crippen molar-refractivity contribution in [3.63, 3.8) is 0 Å². The molecular formula is C10H13ClO2S. The first kappa shape index (κ1) is 10.4. The molecule has 2 heterocycles. The maximum absolute atomic E-state index is 10.5. The molecule has 0 saturated carbocycles. The van der Waals surface area contributed by atoms with Gasteiger partial charge in [0.05, 0.1) is 10.9 Å². The number of halogens is 1. The zero-order chi connectivity index (χ0) is 10.2. The van der Waals surface area contributed by atoms with Crippen molar-refractivity contribution in [2.75, 3.05) is 13.2 Å². The van der Waals surface area contributed by atoms with Crippen molar-refractivity contribution in [3.8, 4) is 0 Å². The molecule has 0 radical (unpaired) electrons. The summed E-state index contributed by atoms with van der Waals surface area (Å²) in [5.74, 6) is 0.131. The number of rotatable bonds is 1. The summed E-state index contributed by atoms with van der Waals surface area (Å²) in [6.45, 7) is 3.25. The third kappa shape index (κ3) is 1.70. The maximum atomic E-state index is 10.5. The monoisotopic (exact) mass is 232 g/mol. The predicted octanol–water partition coefficient (Wildman–Crippen LogP) is 2.65. The number of hydrogen-bond acceptors (Lipinski definition) is 3. The molecule has 1 aliphatic heterocycles. The molecule has 2 unspecified atom stereocenters. The van der Waals surface area contributed by atoms with E-state index in [0.717, 1.165) is 9.21 Å². The SMILES string of the molecule is CC1COCCC1(O)c1ccc(Cl)s1. The fourth-order valence-corrected chi connectivity index (χ4v) is 3.06. The molecule has 0 aliphatic carbocycles. The molecule has 14 heavy (non-hydrogen) atoms. The topological polar surface area (TPSA) is 29.5 Å². The van der Waals surface area contributed by atoms with Crippen LogP contribution < -0.4 is 0 Å². The van der Waals surface area contributed by atoms with Crippen molar-refractivity contribution in [1.29, 1.82) is 0 Å². The summed E-state index contributed by atoms with van der Waals surface area (Å²) in [4.78, 5) is 0.957. The van der Waals surface area contributed by atoms with Gasteiger partial charge >= 0.3 is 0 Å². The zero-order valence-electron chi connectivity index (χ0n) is 8.00. The normalized spacial score (nSPS) is 33.2. The molecule has 1 aromatic rings. The Hall–Kier alpha value is -0.0900. The second-order valence-electron chi connectivity index (χ2n) is 3.75. The third-order valence-electron chi connectivity index (χ3n) is 2.81. The summed E-state index contributed by atoms with van der Waals surface area (Å²) >= 11 is 7.32. The van der Waals surface area contributed by atoms with E-state index in [2.05, 4.69) is 0 Å². The van der Waals surface area contributed by atoms with Crippen LogP contribution in [0.3, 0.4) is 0 Å². The lowest BCUT2D eigenvalue weighted by atomic mass is 9.83. The molecule has 1 N–H and O–H groups in total. The van der Waals surface area contributed by atoms with Gasteiger partial charge in [0.1, 0.15) is 5.60 Å². The van der Waals surface area contributed by atoms with Gasteiger partial charge in [-0.25, -0.2) is 0 Å². The minimum absolute atomic E-state index is 0.131. The Morgan fingerprint density at radius 2 is 2.43 bits per heavy atom. The highest BCUT2D eigenvalue weighted by molar-refractivity contribution is 7.16. The van der Waals surface area contributed by atoms with E-state index in [1.54, 1.807) is 0 Å². The summed E-state index contributed by atoms with van der Waals surface area (Å²) in [7, 11) is 0. The fraction of sp³-hybridized carbons (Fsp3) is 0.600. The largest absolute Gasteiger partial charge is 0.384 e. The van der Waals surface area contributed by atoms with Crippen LogP contribution in [0.5, 0.6) is 0 Å². The maximum Gasteiger partial charge on any atom is 0.106 e. The van der Waals surface area contributed by atoms with Crippen molar-refractivity contribution in [3.05, 3.63) is 21.3 Å². The van der Waals surface area contributed by atoms with Crippen LogP contribution >= 0.6 is 22.9 Å². The molecule has 1 aliphatic rings. The lowest BCUT2D eigenvalue weighted by Crippen LogP contribution is -2.40. The van der Waals surface area contributed by atoms with Crippen LogP contribution in [-0.2, 0) is 10.3 Å². The molecule has 78 valence electrons. The number of thiophene rings is 1. The van der Waals surface area contributed by atoms with Gasteiger partial charge in [-0.15, -0.1) is 11.3 Å². The standard InChI is InChI=1S/C10H13ClO2S/c1-7-6-13-5-4-10(7,12)8-2-3-9(11)14-8/h2-3,7,12H,4-6H2,1H3. The average Bonchev–Trinajstić information content (AvgIpc) is 2.58. The smallest absolute Gasteiger partial charge is 0.106 e. The van der Waals surface area contributed by atoms with Crippen LogP contribution in [0.15, 0.2) is 12.1 Å². The van der Waals surface area contributed by atoms with Crippen LogP contribution in [0, 0.1) is 5.92 Å². The molecule has 0 spiro atoms. The van der Waals surface area contributed by atoms with Crippen LogP contribution in [0.4, 0.5) is 0 Å². The summed E-state index contributed by atoms with van der Waals surface area (Å²) < 4.78 is 6.05. The van der Waals surface area contributed by atoms with Crippen LogP contribution in [0.2, 0.25) is 4.34 Å². The highest BCUT2D eigenvalue weighted by Gasteiger charge is 2.39. The number of aliphatic hydroxyl groups is 1. The van der Waals surface area contributed by atoms with Gasteiger partial charge in [0.15, 0.2) is 0 Å².